The number of nitrogens with one attached hydrogen (secondary N) is 1. The maximum Gasteiger partial charge on any atom is 0.337 e. The van der Waals surface area contributed by atoms with Crippen LogP contribution >= 0.6 is 11.6 Å². The van der Waals surface area contributed by atoms with Crippen molar-refractivity contribution in [1.82, 2.24) is 9.78 Å². The maximum atomic E-state index is 12.7. The van der Waals surface area contributed by atoms with Crippen LogP contribution in [0, 0.1) is 0 Å². The summed E-state index contributed by atoms with van der Waals surface area (Å²) in [5, 5.41) is 16.3. The number of carbonyl (C=O) groups is 2. The Morgan fingerprint density at radius 3 is 2.68 bits per heavy atom. The van der Waals surface area contributed by atoms with Crippen LogP contribution in [0.15, 0.2) is 24.4 Å². The number of nitrogens with zero attached hydrogens (tertiary/aromatic N) is 2. The number of rotatable bonds is 6. The number of benzene rings is 1. The molecule has 1 aliphatic rings. The standard InChI is InChI=1S/C18H20ClN3O3/c1-3-10(2)22-16(11-4-5-11)14(9-20-22)17(23)21-12-6-7-13(18(24)25)15(19)8-12/h6-11H,3-5H2,1-2H3,(H,21,23)(H,24,25). The average Bonchev–Trinajstić information content (AvgIpc) is 3.31. The Hall–Kier alpha value is -2.34. The quantitative estimate of drug-likeness (QED) is 0.801. The number of carboxylic acids is 1. The van der Waals surface area contributed by atoms with Gasteiger partial charge in [0.15, 0.2) is 0 Å². The third-order valence-electron chi connectivity index (χ3n) is 4.51. The van der Waals surface area contributed by atoms with Crippen molar-refractivity contribution >= 4 is 29.2 Å². The van der Waals surface area contributed by atoms with Crippen LogP contribution in [0.5, 0.6) is 0 Å². The van der Waals surface area contributed by atoms with Crippen LogP contribution in [-0.2, 0) is 0 Å². The van der Waals surface area contributed by atoms with E-state index in [1.165, 1.54) is 18.2 Å². The van der Waals surface area contributed by atoms with E-state index in [0.717, 1.165) is 25.0 Å². The summed E-state index contributed by atoms with van der Waals surface area (Å²) < 4.78 is 1.95. The van der Waals surface area contributed by atoms with Crippen molar-refractivity contribution in [3.63, 3.8) is 0 Å². The fourth-order valence-corrected chi connectivity index (χ4v) is 3.06. The minimum absolute atomic E-state index is 0.00271. The highest BCUT2D eigenvalue weighted by Gasteiger charge is 2.33. The molecular formula is C18H20ClN3O3. The molecule has 2 aromatic rings. The van der Waals surface area contributed by atoms with Gasteiger partial charge in [-0.2, -0.15) is 5.10 Å². The molecule has 132 valence electrons. The van der Waals surface area contributed by atoms with Crippen molar-refractivity contribution in [2.75, 3.05) is 5.32 Å². The number of aromatic carboxylic acids is 1. The SMILES string of the molecule is CCC(C)n1ncc(C(=O)Nc2ccc(C(=O)O)c(Cl)c2)c1C1CC1. The third-order valence-corrected chi connectivity index (χ3v) is 4.82. The van der Waals surface area contributed by atoms with Crippen molar-refractivity contribution in [3.05, 3.63) is 46.2 Å². The summed E-state index contributed by atoms with van der Waals surface area (Å²) in [7, 11) is 0. The van der Waals surface area contributed by atoms with E-state index in [4.69, 9.17) is 16.7 Å². The lowest BCUT2D eigenvalue weighted by atomic mass is 10.1. The molecule has 25 heavy (non-hydrogen) atoms. The number of anilines is 1. The van der Waals surface area contributed by atoms with Crippen LogP contribution in [0.25, 0.3) is 0 Å². The van der Waals surface area contributed by atoms with Crippen LogP contribution in [0.1, 0.15) is 71.5 Å². The largest absolute Gasteiger partial charge is 0.478 e. The minimum atomic E-state index is -1.10. The monoisotopic (exact) mass is 361 g/mol. The number of aromatic nitrogens is 2. The first-order valence-electron chi connectivity index (χ1n) is 8.34. The number of carbonyl (C=O) groups excluding carboxylic acids is 1. The second kappa shape index (κ2) is 6.88. The molecule has 1 heterocycles. The highest BCUT2D eigenvalue weighted by atomic mass is 35.5. The maximum absolute atomic E-state index is 12.7. The van der Waals surface area contributed by atoms with E-state index >= 15 is 0 Å². The van der Waals surface area contributed by atoms with Crippen molar-refractivity contribution in [1.29, 1.82) is 0 Å². The van der Waals surface area contributed by atoms with Gasteiger partial charge in [0.2, 0.25) is 0 Å². The number of halogens is 1. The van der Waals surface area contributed by atoms with E-state index in [0.29, 0.717) is 17.2 Å². The summed E-state index contributed by atoms with van der Waals surface area (Å²) in [6.07, 6.45) is 4.69. The van der Waals surface area contributed by atoms with Crippen LogP contribution in [0.2, 0.25) is 5.02 Å². The fraction of sp³-hybridized carbons (Fsp3) is 0.389. The number of hydrogen-bond donors (Lipinski definition) is 2. The molecule has 1 unspecified atom stereocenters. The Morgan fingerprint density at radius 1 is 1.40 bits per heavy atom. The molecule has 1 aromatic carbocycles. The highest BCUT2D eigenvalue weighted by Crippen LogP contribution is 2.42. The highest BCUT2D eigenvalue weighted by molar-refractivity contribution is 6.33. The molecule has 0 aliphatic heterocycles. The van der Waals surface area contributed by atoms with Crippen molar-refractivity contribution in [3.8, 4) is 0 Å². The second-order valence-corrected chi connectivity index (χ2v) is 6.78. The van der Waals surface area contributed by atoms with Gasteiger partial charge in [-0.05, 0) is 44.4 Å². The zero-order valence-electron chi connectivity index (χ0n) is 14.1. The predicted molar refractivity (Wildman–Crippen MR) is 95.6 cm³/mol. The van der Waals surface area contributed by atoms with Gasteiger partial charge in [0.25, 0.3) is 5.91 Å². The Labute approximate surface area is 150 Å². The Kier molecular flexibility index (Phi) is 4.81. The normalized spacial score (nSPS) is 15.0. The smallest absolute Gasteiger partial charge is 0.337 e. The summed E-state index contributed by atoms with van der Waals surface area (Å²) in [5.41, 5.74) is 2.02. The molecule has 7 heteroatoms. The molecule has 1 aliphatic carbocycles. The van der Waals surface area contributed by atoms with Gasteiger partial charge in [-0.15, -0.1) is 0 Å². The number of amides is 1. The van der Waals surface area contributed by atoms with Crippen molar-refractivity contribution < 1.29 is 14.7 Å². The molecule has 0 bridgehead atoms. The Balaban J connectivity index is 1.86. The second-order valence-electron chi connectivity index (χ2n) is 6.37. The van der Waals surface area contributed by atoms with Crippen LogP contribution in [-0.4, -0.2) is 26.8 Å². The van der Waals surface area contributed by atoms with E-state index in [9.17, 15) is 9.59 Å². The lowest BCUT2D eigenvalue weighted by Crippen LogP contribution is -2.16. The van der Waals surface area contributed by atoms with Gasteiger partial charge < -0.3 is 10.4 Å². The van der Waals surface area contributed by atoms with Gasteiger partial charge in [-0.3, -0.25) is 9.48 Å². The zero-order valence-corrected chi connectivity index (χ0v) is 14.9. The van der Waals surface area contributed by atoms with Gasteiger partial charge >= 0.3 is 5.97 Å². The molecular weight excluding hydrogens is 342 g/mol. The molecule has 1 amide bonds. The van der Waals surface area contributed by atoms with Gasteiger partial charge in [-0.25, -0.2) is 4.79 Å². The van der Waals surface area contributed by atoms with Crippen LogP contribution < -0.4 is 5.32 Å². The molecule has 2 N–H and O–H groups in total. The van der Waals surface area contributed by atoms with Crippen molar-refractivity contribution in [2.45, 2.75) is 45.1 Å². The van der Waals surface area contributed by atoms with Gasteiger partial charge in [0.1, 0.15) is 0 Å². The molecule has 1 fully saturated rings. The first-order chi connectivity index (χ1) is 11.9. The van der Waals surface area contributed by atoms with Crippen LogP contribution in [0.3, 0.4) is 0 Å². The predicted octanol–water partition coefficient (Wildman–Crippen LogP) is 4.34. The minimum Gasteiger partial charge on any atom is -0.478 e. The molecule has 6 nitrogen and oxygen atoms in total. The Bertz CT molecular complexity index is 827. The van der Waals surface area contributed by atoms with E-state index in [2.05, 4.69) is 24.3 Å². The first kappa shape index (κ1) is 17.5. The lowest BCUT2D eigenvalue weighted by molar-refractivity contribution is 0.0697. The summed E-state index contributed by atoms with van der Waals surface area (Å²) in [6.45, 7) is 4.18. The molecule has 1 atom stereocenters. The fourth-order valence-electron chi connectivity index (χ4n) is 2.80. The summed E-state index contributed by atoms with van der Waals surface area (Å²) in [4.78, 5) is 23.7. The number of hydrogen-bond acceptors (Lipinski definition) is 3. The van der Waals surface area contributed by atoms with E-state index in [1.54, 1.807) is 6.20 Å². The Morgan fingerprint density at radius 2 is 2.12 bits per heavy atom. The topological polar surface area (TPSA) is 84.2 Å². The molecule has 3 rings (SSSR count). The van der Waals surface area contributed by atoms with Crippen LogP contribution in [0.4, 0.5) is 5.69 Å². The van der Waals surface area contributed by atoms with Gasteiger partial charge in [0, 0.05) is 17.6 Å². The lowest BCUT2D eigenvalue weighted by Gasteiger charge is -2.14. The first-order valence-corrected chi connectivity index (χ1v) is 8.71. The molecule has 1 aromatic heterocycles. The average molecular weight is 362 g/mol. The molecule has 1 saturated carbocycles. The van der Waals surface area contributed by atoms with Gasteiger partial charge in [0.05, 0.1) is 28.0 Å². The summed E-state index contributed by atoms with van der Waals surface area (Å²) >= 11 is 5.96. The zero-order chi connectivity index (χ0) is 18.1. The van der Waals surface area contributed by atoms with Gasteiger partial charge in [-0.1, -0.05) is 18.5 Å². The summed E-state index contributed by atoms with van der Waals surface area (Å²) in [6, 6.07) is 4.59. The van der Waals surface area contributed by atoms with Crippen molar-refractivity contribution in [2.24, 2.45) is 0 Å². The summed E-state index contributed by atoms with van der Waals surface area (Å²) in [5.74, 6) is -0.973. The number of carboxylic acid groups (broad SMARTS) is 1. The van der Waals surface area contributed by atoms with E-state index in [1.807, 2.05) is 4.68 Å². The molecule has 0 saturated heterocycles. The molecule has 0 spiro atoms. The third kappa shape index (κ3) is 3.54. The molecule has 0 radical (unpaired) electrons. The van der Waals surface area contributed by atoms with E-state index < -0.39 is 5.97 Å². The van der Waals surface area contributed by atoms with E-state index in [-0.39, 0.29) is 22.5 Å².